The van der Waals surface area contributed by atoms with Gasteiger partial charge in [-0.25, -0.2) is 4.79 Å². The predicted octanol–water partition coefficient (Wildman–Crippen LogP) is 1.27. The van der Waals surface area contributed by atoms with Crippen LogP contribution in [0.3, 0.4) is 0 Å². The van der Waals surface area contributed by atoms with E-state index >= 15 is 0 Å². The third kappa shape index (κ3) is 3.31. The minimum absolute atomic E-state index is 0. The van der Waals surface area contributed by atoms with Crippen LogP contribution in [0.15, 0.2) is 0 Å². The minimum atomic E-state index is -0.739. The van der Waals surface area contributed by atoms with Gasteiger partial charge in [0.25, 0.3) is 5.91 Å². The Morgan fingerprint density at radius 1 is 1.00 bits per heavy atom. The fraction of sp³-hybridized carbons (Fsp3) is 0.833. The number of nitrogens with zero attached hydrogens (tertiary/aromatic N) is 2. The number of hydrogen-bond donors (Lipinski definition) is 2. The first-order valence-corrected chi connectivity index (χ1v) is 9.66. The normalized spacial score (nSPS) is 26.9. The van der Waals surface area contributed by atoms with Gasteiger partial charge in [-0.2, -0.15) is 0 Å². The molecule has 8 heteroatoms. The van der Waals surface area contributed by atoms with E-state index in [0.717, 1.165) is 63.2 Å². The van der Waals surface area contributed by atoms with Gasteiger partial charge in [-0.3, -0.25) is 14.5 Å². The van der Waals surface area contributed by atoms with Crippen molar-refractivity contribution in [1.29, 1.82) is 0 Å². The van der Waals surface area contributed by atoms with Gasteiger partial charge < -0.3 is 15.5 Å². The molecule has 0 aromatic rings. The Kier molecular flexibility index (Phi) is 5.49. The Labute approximate surface area is 160 Å². The Morgan fingerprint density at radius 2 is 1.69 bits per heavy atom. The van der Waals surface area contributed by atoms with Crippen LogP contribution in [0.1, 0.15) is 51.4 Å². The van der Waals surface area contributed by atoms with E-state index in [9.17, 15) is 14.4 Å². The van der Waals surface area contributed by atoms with Crippen LogP contribution < -0.4 is 10.6 Å². The standard InChI is InChI=1S/C18H28N4O3.ClH/c23-14(21-10-7-17(8-11-21)6-9-19-13-17)12-22-15(24)18(20-16(22)25)4-2-1-3-5-18;/h19H,1-13H2,(H,20,25);1H. The third-order valence-electron chi connectivity index (χ3n) is 6.76. The number of carbonyl (C=O) groups is 3. The van der Waals surface area contributed by atoms with Crippen molar-refractivity contribution in [3.05, 3.63) is 0 Å². The van der Waals surface area contributed by atoms with Crippen molar-refractivity contribution >= 4 is 30.3 Å². The summed E-state index contributed by atoms with van der Waals surface area (Å²) in [6.45, 7) is 3.46. The molecule has 0 aromatic carbocycles. The van der Waals surface area contributed by atoms with Crippen LogP contribution in [0.25, 0.3) is 0 Å². The summed E-state index contributed by atoms with van der Waals surface area (Å²) < 4.78 is 0. The summed E-state index contributed by atoms with van der Waals surface area (Å²) in [4.78, 5) is 40.7. The predicted molar refractivity (Wildman–Crippen MR) is 99.0 cm³/mol. The van der Waals surface area contributed by atoms with E-state index in [2.05, 4.69) is 10.6 Å². The van der Waals surface area contributed by atoms with Gasteiger partial charge in [0, 0.05) is 19.6 Å². The molecule has 2 N–H and O–H groups in total. The maximum absolute atomic E-state index is 12.8. The molecule has 3 heterocycles. The Morgan fingerprint density at radius 3 is 2.31 bits per heavy atom. The van der Waals surface area contributed by atoms with Gasteiger partial charge in [0.2, 0.25) is 5.91 Å². The second kappa shape index (κ2) is 7.35. The van der Waals surface area contributed by atoms with Crippen molar-refractivity contribution in [1.82, 2.24) is 20.4 Å². The van der Waals surface area contributed by atoms with E-state index in [0.29, 0.717) is 18.3 Å². The molecular formula is C18H29ClN4O3. The Bertz CT molecular complexity index is 575. The van der Waals surface area contributed by atoms with Crippen LogP contribution in [-0.4, -0.2) is 65.9 Å². The van der Waals surface area contributed by atoms with Crippen molar-refractivity contribution in [2.45, 2.75) is 56.9 Å². The molecule has 7 nitrogen and oxygen atoms in total. The van der Waals surface area contributed by atoms with Gasteiger partial charge in [0.05, 0.1) is 0 Å². The third-order valence-corrected chi connectivity index (χ3v) is 6.76. The molecule has 0 radical (unpaired) electrons. The van der Waals surface area contributed by atoms with E-state index in [1.54, 1.807) is 0 Å². The number of likely N-dealkylation sites (tertiary alicyclic amines) is 1. The zero-order chi connectivity index (χ0) is 17.5. The quantitative estimate of drug-likeness (QED) is 0.702. The van der Waals surface area contributed by atoms with E-state index in [1.807, 2.05) is 4.90 Å². The monoisotopic (exact) mass is 384 g/mol. The molecule has 0 bridgehead atoms. The Hall–Kier alpha value is -1.34. The van der Waals surface area contributed by atoms with Crippen molar-refractivity contribution in [3.8, 4) is 0 Å². The topological polar surface area (TPSA) is 81.8 Å². The molecular weight excluding hydrogens is 356 g/mol. The summed E-state index contributed by atoms with van der Waals surface area (Å²) in [6, 6.07) is -0.395. The summed E-state index contributed by atoms with van der Waals surface area (Å²) in [7, 11) is 0. The molecule has 0 unspecified atom stereocenters. The highest BCUT2D eigenvalue weighted by Crippen LogP contribution is 2.37. The van der Waals surface area contributed by atoms with Crippen LogP contribution in [0.4, 0.5) is 4.79 Å². The first-order valence-electron chi connectivity index (χ1n) is 9.66. The molecule has 4 amide bonds. The SMILES string of the molecule is Cl.O=C(CN1C(=O)NC2(CCCCC2)C1=O)N1CCC2(CCNC2)CC1. The van der Waals surface area contributed by atoms with Crippen molar-refractivity contribution in [2.24, 2.45) is 5.41 Å². The van der Waals surface area contributed by atoms with Gasteiger partial charge in [-0.1, -0.05) is 19.3 Å². The molecule has 1 saturated carbocycles. The van der Waals surface area contributed by atoms with Crippen molar-refractivity contribution in [2.75, 3.05) is 32.7 Å². The fourth-order valence-corrected chi connectivity index (χ4v) is 5.00. The summed E-state index contributed by atoms with van der Waals surface area (Å²) in [5.74, 6) is -0.295. The number of hydrogen-bond acceptors (Lipinski definition) is 4. The number of piperidine rings is 1. The number of rotatable bonds is 2. The van der Waals surface area contributed by atoms with Crippen LogP contribution >= 0.6 is 12.4 Å². The van der Waals surface area contributed by atoms with Crippen LogP contribution in [0.5, 0.6) is 0 Å². The number of amides is 4. The van der Waals surface area contributed by atoms with E-state index in [-0.39, 0.29) is 30.8 Å². The molecule has 2 spiro atoms. The fourth-order valence-electron chi connectivity index (χ4n) is 5.00. The van der Waals surface area contributed by atoms with Gasteiger partial charge in [0.1, 0.15) is 12.1 Å². The highest BCUT2D eigenvalue weighted by molar-refractivity contribution is 6.09. The molecule has 4 rings (SSSR count). The average molecular weight is 385 g/mol. The van der Waals surface area contributed by atoms with Crippen molar-refractivity contribution < 1.29 is 14.4 Å². The van der Waals surface area contributed by atoms with Crippen LogP contribution in [0.2, 0.25) is 0 Å². The molecule has 0 atom stereocenters. The van der Waals surface area contributed by atoms with Crippen LogP contribution in [-0.2, 0) is 9.59 Å². The smallest absolute Gasteiger partial charge is 0.325 e. The number of urea groups is 1. The lowest BCUT2D eigenvalue weighted by atomic mass is 9.78. The van der Waals surface area contributed by atoms with Gasteiger partial charge >= 0.3 is 6.03 Å². The maximum atomic E-state index is 12.8. The summed E-state index contributed by atoms with van der Waals surface area (Å²) in [6.07, 6.45) is 7.61. The zero-order valence-electron chi connectivity index (χ0n) is 15.2. The summed E-state index contributed by atoms with van der Waals surface area (Å²) in [5.41, 5.74) is -0.388. The molecule has 26 heavy (non-hydrogen) atoms. The minimum Gasteiger partial charge on any atom is -0.341 e. The number of nitrogens with one attached hydrogen (secondary N) is 2. The molecule has 1 aliphatic carbocycles. The first-order chi connectivity index (χ1) is 12.0. The van der Waals surface area contributed by atoms with E-state index in [4.69, 9.17) is 0 Å². The second-order valence-corrected chi connectivity index (χ2v) is 8.27. The number of imide groups is 1. The summed E-state index contributed by atoms with van der Waals surface area (Å²) in [5, 5.41) is 6.30. The lowest BCUT2D eigenvalue weighted by Crippen LogP contribution is -2.50. The summed E-state index contributed by atoms with van der Waals surface area (Å²) >= 11 is 0. The molecule has 4 aliphatic rings. The molecule has 3 aliphatic heterocycles. The molecule has 0 aromatic heterocycles. The molecule has 3 saturated heterocycles. The lowest BCUT2D eigenvalue weighted by Gasteiger charge is -2.39. The number of carbonyl (C=O) groups excluding carboxylic acids is 3. The van der Waals surface area contributed by atoms with Crippen LogP contribution in [0, 0.1) is 5.41 Å². The van der Waals surface area contributed by atoms with Gasteiger partial charge in [0.15, 0.2) is 0 Å². The van der Waals surface area contributed by atoms with E-state index in [1.165, 1.54) is 6.42 Å². The lowest BCUT2D eigenvalue weighted by molar-refractivity contribution is -0.140. The van der Waals surface area contributed by atoms with Gasteiger partial charge in [-0.05, 0) is 44.1 Å². The Balaban J connectivity index is 0.00000196. The average Bonchev–Trinajstić information content (AvgIpc) is 3.15. The highest BCUT2D eigenvalue weighted by atomic mass is 35.5. The first kappa shape index (κ1) is 19.4. The van der Waals surface area contributed by atoms with Gasteiger partial charge in [-0.15, -0.1) is 12.4 Å². The second-order valence-electron chi connectivity index (χ2n) is 8.27. The number of halogens is 1. The highest BCUT2D eigenvalue weighted by Gasteiger charge is 2.52. The largest absolute Gasteiger partial charge is 0.341 e. The van der Waals surface area contributed by atoms with Crippen molar-refractivity contribution in [3.63, 3.8) is 0 Å². The molecule has 146 valence electrons. The molecule has 4 fully saturated rings. The maximum Gasteiger partial charge on any atom is 0.325 e. The van der Waals surface area contributed by atoms with E-state index < -0.39 is 11.6 Å². The zero-order valence-corrected chi connectivity index (χ0v) is 16.0.